The fourth-order valence-electron chi connectivity index (χ4n) is 3.24. The van der Waals surface area contributed by atoms with Crippen molar-refractivity contribution in [3.63, 3.8) is 0 Å². The average Bonchev–Trinajstić information content (AvgIpc) is 2.80. The van der Waals surface area contributed by atoms with Crippen molar-refractivity contribution in [1.29, 1.82) is 0 Å². The molecule has 0 saturated carbocycles. The first-order valence-corrected chi connectivity index (χ1v) is 9.77. The van der Waals surface area contributed by atoms with Crippen LogP contribution in [0.2, 0.25) is 0 Å². The van der Waals surface area contributed by atoms with E-state index in [1.165, 1.54) is 24.3 Å². The molecule has 0 saturated heterocycles. The van der Waals surface area contributed by atoms with E-state index in [-0.39, 0.29) is 18.2 Å². The average molecular weight is 432 g/mol. The Kier molecular flexibility index (Phi) is 5.85. The monoisotopic (exact) mass is 432 g/mol. The van der Waals surface area contributed by atoms with Gasteiger partial charge in [0.25, 0.3) is 11.5 Å². The summed E-state index contributed by atoms with van der Waals surface area (Å²) in [5.41, 5.74) is 4.15. The van der Waals surface area contributed by atoms with Gasteiger partial charge in [0.15, 0.2) is 0 Å². The normalized spacial score (nSPS) is 11.5. The van der Waals surface area contributed by atoms with E-state index in [1.807, 2.05) is 0 Å². The van der Waals surface area contributed by atoms with Crippen LogP contribution < -0.4 is 11.0 Å². The third-order valence-corrected chi connectivity index (χ3v) is 4.89. The second-order valence-corrected chi connectivity index (χ2v) is 7.10. The highest BCUT2D eigenvalue weighted by molar-refractivity contribution is 5.99. The lowest BCUT2D eigenvalue weighted by atomic mass is 10.1. The predicted octanol–water partition coefficient (Wildman–Crippen LogP) is 3.88. The molecule has 1 amide bonds. The zero-order chi connectivity index (χ0) is 22.7. The Morgan fingerprint density at radius 1 is 0.938 bits per heavy atom. The maximum atomic E-state index is 13.4. The Morgan fingerprint density at radius 2 is 1.53 bits per heavy atom. The second kappa shape index (κ2) is 8.89. The minimum Gasteiger partial charge on any atom is -0.271 e. The molecule has 4 rings (SSSR count). The van der Waals surface area contributed by atoms with Crippen molar-refractivity contribution >= 4 is 22.4 Å². The van der Waals surface area contributed by atoms with Crippen molar-refractivity contribution in [2.75, 3.05) is 0 Å². The smallest absolute Gasteiger partial charge is 0.271 e. The number of nitrogens with zero attached hydrogens (tertiary/aromatic N) is 3. The molecule has 0 aliphatic heterocycles. The third-order valence-electron chi connectivity index (χ3n) is 4.89. The molecular formula is C24H18F2N4O2. The first-order chi connectivity index (χ1) is 15.4. The van der Waals surface area contributed by atoms with Crippen LogP contribution >= 0.6 is 0 Å². The summed E-state index contributed by atoms with van der Waals surface area (Å²) in [5, 5.41) is 9.37. The first kappa shape index (κ1) is 21.0. The fraction of sp³-hybridized carbons (Fsp3) is 0.0833. The van der Waals surface area contributed by atoms with Crippen LogP contribution in [0, 0.1) is 11.6 Å². The molecule has 4 aromatic rings. The summed E-state index contributed by atoms with van der Waals surface area (Å²) in [4.78, 5) is 25.3. The van der Waals surface area contributed by atoms with Gasteiger partial charge in [-0.25, -0.2) is 18.9 Å². The van der Waals surface area contributed by atoms with Crippen molar-refractivity contribution in [1.82, 2.24) is 15.2 Å². The van der Waals surface area contributed by atoms with Crippen LogP contribution in [-0.4, -0.2) is 21.4 Å². The van der Waals surface area contributed by atoms with Crippen molar-refractivity contribution in [3.05, 3.63) is 100 Å². The Bertz CT molecular complexity index is 1380. The molecule has 0 unspecified atom stereocenters. The molecule has 0 aliphatic carbocycles. The van der Waals surface area contributed by atoms with Crippen LogP contribution in [0.15, 0.2) is 82.7 Å². The lowest BCUT2D eigenvalue weighted by Gasteiger charge is -2.11. The molecule has 0 spiro atoms. The Hall–Kier alpha value is -4.20. The maximum Gasteiger partial charge on any atom is 0.275 e. The minimum atomic E-state index is -0.554. The van der Waals surface area contributed by atoms with Crippen LogP contribution in [0.5, 0.6) is 0 Å². The predicted molar refractivity (Wildman–Crippen MR) is 118 cm³/mol. The summed E-state index contributed by atoms with van der Waals surface area (Å²) >= 11 is 0. The van der Waals surface area contributed by atoms with E-state index in [2.05, 4.69) is 15.6 Å². The van der Waals surface area contributed by atoms with Gasteiger partial charge in [-0.2, -0.15) is 10.2 Å². The van der Waals surface area contributed by atoms with Crippen LogP contribution in [0.3, 0.4) is 0 Å². The van der Waals surface area contributed by atoms with E-state index in [4.69, 9.17) is 0 Å². The molecule has 0 fully saturated rings. The summed E-state index contributed by atoms with van der Waals surface area (Å²) in [6.45, 7) is 1.30. The summed E-state index contributed by atoms with van der Waals surface area (Å²) in [7, 11) is 0. The number of carbonyl (C=O) groups excluding carboxylic acids is 1. The van der Waals surface area contributed by atoms with Gasteiger partial charge in [0, 0.05) is 10.9 Å². The number of hydrazone groups is 1. The van der Waals surface area contributed by atoms with Gasteiger partial charge in [0.2, 0.25) is 0 Å². The molecule has 6 nitrogen and oxygen atoms in total. The highest BCUT2D eigenvalue weighted by atomic mass is 19.1. The Labute approximate surface area is 181 Å². The van der Waals surface area contributed by atoms with Gasteiger partial charge in [-0.3, -0.25) is 9.59 Å². The highest BCUT2D eigenvalue weighted by Gasteiger charge is 2.14. The molecule has 1 heterocycles. The van der Waals surface area contributed by atoms with Gasteiger partial charge < -0.3 is 0 Å². The molecule has 160 valence electrons. The Morgan fingerprint density at radius 3 is 2.19 bits per heavy atom. The SMILES string of the molecule is C/C(=N\NC(=O)Cn1nc(-c2ccc(F)cc2)c2ccccc2c1=O)c1ccc(F)cc1. The summed E-state index contributed by atoms with van der Waals surface area (Å²) in [6.07, 6.45) is 0. The number of benzene rings is 3. The maximum absolute atomic E-state index is 13.4. The zero-order valence-corrected chi connectivity index (χ0v) is 17.0. The van der Waals surface area contributed by atoms with Gasteiger partial charge in [0.05, 0.1) is 16.8 Å². The summed E-state index contributed by atoms with van der Waals surface area (Å²) < 4.78 is 27.5. The quantitative estimate of drug-likeness (QED) is 0.384. The van der Waals surface area contributed by atoms with Crippen molar-refractivity contribution in [2.45, 2.75) is 13.5 Å². The van der Waals surface area contributed by atoms with Crippen molar-refractivity contribution in [2.24, 2.45) is 5.10 Å². The molecular weight excluding hydrogens is 414 g/mol. The van der Waals surface area contributed by atoms with E-state index >= 15 is 0 Å². The molecule has 0 bridgehead atoms. The van der Waals surface area contributed by atoms with Crippen LogP contribution in [0.4, 0.5) is 8.78 Å². The van der Waals surface area contributed by atoms with Crippen LogP contribution in [0.25, 0.3) is 22.0 Å². The van der Waals surface area contributed by atoms with Crippen LogP contribution in [-0.2, 0) is 11.3 Å². The molecule has 32 heavy (non-hydrogen) atoms. The largest absolute Gasteiger partial charge is 0.275 e. The van der Waals surface area contributed by atoms with Crippen molar-refractivity contribution in [3.8, 4) is 11.3 Å². The number of amides is 1. The Balaban J connectivity index is 1.64. The van der Waals surface area contributed by atoms with E-state index in [1.54, 1.807) is 55.5 Å². The molecule has 0 atom stereocenters. The van der Waals surface area contributed by atoms with Crippen molar-refractivity contribution < 1.29 is 13.6 Å². The minimum absolute atomic E-state index is 0.363. The van der Waals surface area contributed by atoms with Gasteiger partial charge in [0.1, 0.15) is 18.2 Å². The molecule has 0 aliphatic rings. The molecule has 1 aromatic heterocycles. The van der Waals surface area contributed by atoms with Gasteiger partial charge in [-0.15, -0.1) is 0 Å². The first-order valence-electron chi connectivity index (χ1n) is 9.77. The lowest BCUT2D eigenvalue weighted by molar-refractivity contribution is -0.121. The van der Waals surface area contributed by atoms with Gasteiger partial charge in [-0.05, 0) is 55.0 Å². The molecule has 0 radical (unpaired) electrons. The molecule has 3 aromatic carbocycles. The number of fused-ring (bicyclic) bond motifs is 1. The zero-order valence-electron chi connectivity index (χ0n) is 17.0. The summed E-state index contributed by atoms with van der Waals surface area (Å²) in [6, 6.07) is 18.3. The number of rotatable bonds is 5. The number of hydrogen-bond donors (Lipinski definition) is 1. The fourth-order valence-corrected chi connectivity index (χ4v) is 3.24. The lowest BCUT2D eigenvalue weighted by Crippen LogP contribution is -2.32. The topological polar surface area (TPSA) is 76.3 Å². The third kappa shape index (κ3) is 4.44. The van der Waals surface area contributed by atoms with Gasteiger partial charge >= 0.3 is 0 Å². The van der Waals surface area contributed by atoms with Crippen LogP contribution in [0.1, 0.15) is 12.5 Å². The van der Waals surface area contributed by atoms with E-state index in [0.29, 0.717) is 33.3 Å². The highest BCUT2D eigenvalue weighted by Crippen LogP contribution is 2.24. The number of aromatic nitrogens is 2. The number of nitrogens with one attached hydrogen (secondary N) is 1. The molecule has 8 heteroatoms. The number of hydrogen-bond acceptors (Lipinski definition) is 4. The van der Waals surface area contributed by atoms with Gasteiger partial charge in [-0.1, -0.05) is 30.3 Å². The number of carbonyl (C=O) groups is 1. The molecule has 1 N–H and O–H groups in total. The summed E-state index contributed by atoms with van der Waals surface area (Å²) in [5.74, 6) is -1.31. The van der Waals surface area contributed by atoms with E-state index < -0.39 is 11.5 Å². The second-order valence-electron chi connectivity index (χ2n) is 7.10. The van der Waals surface area contributed by atoms with E-state index in [0.717, 1.165) is 4.68 Å². The van der Waals surface area contributed by atoms with E-state index in [9.17, 15) is 18.4 Å². The standard InChI is InChI=1S/C24H18F2N4O2/c1-15(16-6-10-18(25)11-7-16)27-28-22(31)14-30-24(32)21-5-3-2-4-20(21)23(29-30)17-8-12-19(26)13-9-17/h2-13H,14H2,1H3,(H,28,31)/b27-15+. The number of halogens is 2.